The van der Waals surface area contributed by atoms with Gasteiger partial charge in [0, 0.05) is 0 Å². The SMILES string of the molecule is O=C=C(NNc1ccccc1)C(=O)O. The van der Waals surface area contributed by atoms with Gasteiger partial charge in [-0.2, -0.15) is 0 Å². The number of benzene rings is 1. The molecule has 0 unspecified atom stereocenters. The third-order valence-corrected chi connectivity index (χ3v) is 1.42. The first-order valence-corrected chi connectivity index (χ1v) is 3.79. The maximum absolute atomic E-state index is 10.3. The number of hydrogen-bond acceptors (Lipinski definition) is 4. The third-order valence-electron chi connectivity index (χ3n) is 1.42. The zero-order chi connectivity index (χ0) is 10.4. The van der Waals surface area contributed by atoms with Gasteiger partial charge in [-0.05, 0) is 12.1 Å². The average molecular weight is 192 g/mol. The Labute approximate surface area is 80.0 Å². The summed E-state index contributed by atoms with van der Waals surface area (Å²) in [6.07, 6.45) is 0. The summed E-state index contributed by atoms with van der Waals surface area (Å²) in [6.45, 7) is 0. The maximum atomic E-state index is 10.3. The maximum Gasteiger partial charge on any atom is 0.365 e. The largest absolute Gasteiger partial charge is 0.476 e. The highest BCUT2D eigenvalue weighted by atomic mass is 16.4. The molecule has 0 aromatic heterocycles. The minimum absolute atomic E-state index is 0.561. The molecule has 0 bridgehead atoms. The van der Waals surface area contributed by atoms with E-state index in [0.717, 1.165) is 0 Å². The molecule has 0 fully saturated rings. The van der Waals surface area contributed by atoms with Crippen molar-refractivity contribution in [1.82, 2.24) is 5.43 Å². The zero-order valence-corrected chi connectivity index (χ0v) is 7.15. The van der Waals surface area contributed by atoms with E-state index >= 15 is 0 Å². The second kappa shape index (κ2) is 4.69. The number of hydrogen-bond donors (Lipinski definition) is 3. The van der Waals surface area contributed by atoms with Gasteiger partial charge in [0.15, 0.2) is 5.94 Å². The van der Waals surface area contributed by atoms with Gasteiger partial charge < -0.3 is 10.5 Å². The monoisotopic (exact) mass is 192 g/mol. The van der Waals surface area contributed by atoms with Crippen molar-refractivity contribution < 1.29 is 14.7 Å². The van der Waals surface area contributed by atoms with Gasteiger partial charge >= 0.3 is 5.97 Å². The molecule has 5 heteroatoms. The summed E-state index contributed by atoms with van der Waals surface area (Å²) in [5.74, 6) is -0.0927. The number of carbonyl (C=O) groups is 1. The second-order valence-corrected chi connectivity index (χ2v) is 2.40. The summed E-state index contributed by atoms with van der Waals surface area (Å²) < 4.78 is 0. The van der Waals surface area contributed by atoms with E-state index in [0.29, 0.717) is 5.69 Å². The highest BCUT2D eigenvalue weighted by Gasteiger charge is 2.06. The molecule has 0 atom stereocenters. The predicted octanol–water partition coefficient (Wildman–Crippen LogP) is 0.403. The van der Waals surface area contributed by atoms with Gasteiger partial charge in [-0.25, -0.2) is 9.59 Å². The number of nitrogens with one attached hydrogen (secondary N) is 2. The zero-order valence-electron chi connectivity index (χ0n) is 7.15. The summed E-state index contributed by atoms with van der Waals surface area (Å²) >= 11 is 0. The fourth-order valence-corrected chi connectivity index (χ4v) is 0.779. The average Bonchev–Trinajstić information content (AvgIpc) is 2.20. The lowest BCUT2D eigenvalue weighted by atomic mass is 10.3. The lowest BCUT2D eigenvalue weighted by Crippen LogP contribution is -2.26. The molecule has 1 rings (SSSR count). The van der Waals surface area contributed by atoms with Gasteiger partial charge in [0.2, 0.25) is 5.70 Å². The highest BCUT2D eigenvalue weighted by Crippen LogP contribution is 2.02. The van der Waals surface area contributed by atoms with Gasteiger partial charge in [-0.1, -0.05) is 18.2 Å². The number of aliphatic carboxylic acids is 1. The van der Waals surface area contributed by atoms with Crippen LogP contribution in [0.2, 0.25) is 0 Å². The third kappa shape index (κ3) is 2.66. The molecular formula is C9H8N2O3. The first-order chi connectivity index (χ1) is 6.74. The normalized spacial score (nSPS) is 8.57. The van der Waals surface area contributed by atoms with Crippen LogP contribution in [0.3, 0.4) is 0 Å². The molecule has 3 N–H and O–H groups in total. The van der Waals surface area contributed by atoms with E-state index < -0.39 is 11.7 Å². The minimum atomic E-state index is -1.36. The Kier molecular flexibility index (Phi) is 3.29. The van der Waals surface area contributed by atoms with Crippen molar-refractivity contribution >= 4 is 17.6 Å². The molecule has 0 aliphatic carbocycles. The Hall–Kier alpha value is -2.26. The summed E-state index contributed by atoms with van der Waals surface area (Å²) in [7, 11) is 0. The van der Waals surface area contributed by atoms with Crippen molar-refractivity contribution in [1.29, 1.82) is 0 Å². The van der Waals surface area contributed by atoms with Gasteiger partial charge in [0.1, 0.15) is 0 Å². The minimum Gasteiger partial charge on any atom is -0.476 e. The van der Waals surface area contributed by atoms with E-state index in [1.54, 1.807) is 24.3 Å². The molecule has 0 aliphatic heterocycles. The fraction of sp³-hybridized carbons (Fsp3) is 0. The van der Waals surface area contributed by atoms with Crippen LogP contribution in [0, 0.1) is 0 Å². The quantitative estimate of drug-likeness (QED) is 0.365. The molecule has 0 heterocycles. The Bertz CT molecular complexity index is 369. The topological polar surface area (TPSA) is 78.4 Å². The van der Waals surface area contributed by atoms with Crippen LogP contribution in [0.15, 0.2) is 36.0 Å². The summed E-state index contributed by atoms with van der Waals surface area (Å²) in [6, 6.07) is 8.80. The molecule has 0 saturated heterocycles. The summed E-state index contributed by atoms with van der Waals surface area (Å²) in [4.78, 5) is 20.5. The van der Waals surface area contributed by atoms with E-state index in [2.05, 4.69) is 10.9 Å². The fourth-order valence-electron chi connectivity index (χ4n) is 0.779. The van der Waals surface area contributed by atoms with Crippen molar-refractivity contribution in [3.8, 4) is 0 Å². The smallest absolute Gasteiger partial charge is 0.365 e. The van der Waals surface area contributed by atoms with Gasteiger partial charge in [-0.15, -0.1) is 0 Å². The summed E-state index contributed by atoms with van der Waals surface area (Å²) in [5, 5.41) is 8.45. The van der Waals surface area contributed by atoms with Crippen molar-refractivity contribution in [3.63, 3.8) is 0 Å². The van der Waals surface area contributed by atoms with E-state index in [1.165, 1.54) is 5.94 Å². The second-order valence-electron chi connectivity index (χ2n) is 2.40. The number of carboxylic acids is 1. The Morgan fingerprint density at radius 1 is 1.29 bits per heavy atom. The van der Waals surface area contributed by atoms with Crippen molar-refractivity contribution in [2.75, 3.05) is 5.43 Å². The van der Waals surface area contributed by atoms with E-state index in [1.807, 2.05) is 6.07 Å². The van der Waals surface area contributed by atoms with Crippen molar-refractivity contribution in [3.05, 3.63) is 36.0 Å². The molecule has 0 amide bonds. The number of carboxylic acid groups (broad SMARTS) is 1. The molecule has 0 radical (unpaired) electrons. The number of anilines is 1. The molecule has 1 aromatic carbocycles. The van der Waals surface area contributed by atoms with Crippen LogP contribution in [0.5, 0.6) is 0 Å². The van der Waals surface area contributed by atoms with Crippen molar-refractivity contribution in [2.45, 2.75) is 0 Å². The van der Waals surface area contributed by atoms with Crippen molar-refractivity contribution in [2.24, 2.45) is 0 Å². The lowest BCUT2D eigenvalue weighted by Gasteiger charge is -2.06. The van der Waals surface area contributed by atoms with E-state index in [9.17, 15) is 9.59 Å². The lowest BCUT2D eigenvalue weighted by molar-refractivity contribution is -0.132. The summed E-state index contributed by atoms with van der Waals surface area (Å²) in [5.41, 5.74) is 4.87. The number of rotatable bonds is 4. The number of carbonyl (C=O) groups excluding carboxylic acids is 1. The Balaban J connectivity index is 2.57. The van der Waals surface area contributed by atoms with Crippen LogP contribution in [0.25, 0.3) is 0 Å². The molecule has 0 saturated carbocycles. The molecule has 0 spiro atoms. The predicted molar refractivity (Wildman–Crippen MR) is 50.0 cm³/mol. The van der Waals surface area contributed by atoms with E-state index in [-0.39, 0.29) is 0 Å². The molecule has 0 aliphatic rings. The van der Waals surface area contributed by atoms with Crippen LogP contribution in [0.4, 0.5) is 5.69 Å². The van der Waals surface area contributed by atoms with Gasteiger partial charge in [0.05, 0.1) is 5.69 Å². The van der Waals surface area contributed by atoms with Crippen LogP contribution < -0.4 is 10.9 Å². The first kappa shape index (κ1) is 9.83. The van der Waals surface area contributed by atoms with Crippen LogP contribution in [-0.4, -0.2) is 17.0 Å². The Morgan fingerprint density at radius 2 is 1.93 bits per heavy atom. The Morgan fingerprint density at radius 3 is 2.43 bits per heavy atom. The number of hydrazine groups is 1. The van der Waals surface area contributed by atoms with Gasteiger partial charge in [-0.3, -0.25) is 5.43 Å². The molecule has 72 valence electrons. The highest BCUT2D eigenvalue weighted by molar-refractivity contribution is 5.94. The molecule has 5 nitrogen and oxygen atoms in total. The standard InChI is InChI=1S/C9H8N2O3/c12-6-8(9(13)14)11-10-7-4-2-1-3-5-7/h1-5,10-11H,(H,13,14). The van der Waals surface area contributed by atoms with Crippen LogP contribution in [-0.2, 0) is 9.59 Å². The van der Waals surface area contributed by atoms with E-state index in [4.69, 9.17) is 5.11 Å². The van der Waals surface area contributed by atoms with Crippen LogP contribution >= 0.6 is 0 Å². The molecule has 14 heavy (non-hydrogen) atoms. The molecule has 1 aromatic rings. The first-order valence-electron chi connectivity index (χ1n) is 3.79. The van der Waals surface area contributed by atoms with Crippen LogP contribution in [0.1, 0.15) is 0 Å². The molecular weight excluding hydrogens is 184 g/mol. The van der Waals surface area contributed by atoms with Gasteiger partial charge in [0.25, 0.3) is 0 Å². The number of para-hydroxylation sites is 1.